The van der Waals surface area contributed by atoms with E-state index in [1.54, 1.807) is 12.1 Å². The predicted molar refractivity (Wildman–Crippen MR) is 81.5 cm³/mol. The highest BCUT2D eigenvalue weighted by Gasteiger charge is 2.26. The van der Waals surface area contributed by atoms with E-state index in [-0.39, 0.29) is 6.04 Å². The van der Waals surface area contributed by atoms with Gasteiger partial charge in [0.2, 0.25) is 0 Å². The number of hydrogen-bond acceptors (Lipinski definition) is 6. The number of carboxylic acids is 1. The highest BCUT2D eigenvalue weighted by Crippen LogP contribution is 2.25. The second-order valence-electron chi connectivity index (χ2n) is 4.80. The normalized spacial score (nSPS) is 13.6. The van der Waals surface area contributed by atoms with Gasteiger partial charge in [-0.3, -0.25) is 9.59 Å². The number of amides is 2. The van der Waals surface area contributed by atoms with Crippen molar-refractivity contribution in [2.75, 3.05) is 6.61 Å². The Morgan fingerprint density at radius 1 is 1.35 bits per heavy atom. The molecule has 1 aromatic rings. The van der Waals surface area contributed by atoms with Gasteiger partial charge in [-0.15, -0.1) is 0 Å². The monoisotopic (exact) mass is 382 g/mol. The number of halogens is 1. The zero-order valence-corrected chi connectivity index (χ0v) is 13.5. The van der Waals surface area contributed by atoms with Crippen LogP contribution in [0.25, 0.3) is 0 Å². The van der Waals surface area contributed by atoms with Crippen LogP contribution in [-0.2, 0) is 14.4 Å². The molecule has 1 aromatic carbocycles. The number of ether oxygens (including phenoxy) is 1. The molecular formula is C14H13BrN3O5-. The second-order valence-corrected chi connectivity index (χ2v) is 5.65. The number of aliphatic carboxylic acids is 1. The van der Waals surface area contributed by atoms with Crippen molar-refractivity contribution in [3.8, 4) is 5.75 Å². The van der Waals surface area contributed by atoms with E-state index in [9.17, 15) is 19.5 Å². The van der Waals surface area contributed by atoms with Crippen molar-refractivity contribution in [1.29, 1.82) is 0 Å². The summed E-state index contributed by atoms with van der Waals surface area (Å²) in [7, 11) is 0. The maximum absolute atomic E-state index is 11.4. The fourth-order valence-electron chi connectivity index (χ4n) is 1.55. The summed E-state index contributed by atoms with van der Waals surface area (Å²) in [6, 6.07) is 4.86. The number of carbonyl (C=O) groups excluding carboxylic acids is 3. The van der Waals surface area contributed by atoms with Crippen LogP contribution in [0.4, 0.5) is 0 Å². The summed E-state index contributed by atoms with van der Waals surface area (Å²) in [6.07, 6.45) is 3.13. The van der Waals surface area contributed by atoms with E-state index in [0.717, 1.165) is 12.8 Å². The van der Waals surface area contributed by atoms with Crippen molar-refractivity contribution in [3.63, 3.8) is 0 Å². The smallest absolute Gasteiger partial charge is 0.329 e. The lowest BCUT2D eigenvalue weighted by molar-refractivity contribution is -0.307. The molecule has 0 aromatic heterocycles. The van der Waals surface area contributed by atoms with Crippen LogP contribution in [0.1, 0.15) is 18.4 Å². The molecule has 0 unspecified atom stereocenters. The maximum Gasteiger partial charge on any atom is 0.329 e. The van der Waals surface area contributed by atoms with Gasteiger partial charge in [0, 0.05) is 6.04 Å². The van der Waals surface area contributed by atoms with E-state index in [1.807, 2.05) is 0 Å². The molecule has 0 spiro atoms. The number of nitrogens with zero attached hydrogens (tertiary/aromatic N) is 1. The van der Waals surface area contributed by atoms with E-state index < -0.39 is 24.4 Å². The number of benzene rings is 1. The van der Waals surface area contributed by atoms with Gasteiger partial charge >= 0.3 is 11.8 Å². The van der Waals surface area contributed by atoms with Crippen LogP contribution in [0.5, 0.6) is 5.75 Å². The molecule has 2 amide bonds. The highest BCUT2D eigenvalue weighted by atomic mass is 79.9. The van der Waals surface area contributed by atoms with Crippen molar-refractivity contribution in [3.05, 3.63) is 28.2 Å². The second kappa shape index (κ2) is 7.73. The average molecular weight is 383 g/mol. The predicted octanol–water partition coefficient (Wildman–Crippen LogP) is -0.694. The largest absolute Gasteiger partial charge is 0.546 e. The van der Waals surface area contributed by atoms with Gasteiger partial charge in [-0.2, -0.15) is 5.10 Å². The maximum atomic E-state index is 11.4. The van der Waals surface area contributed by atoms with Crippen LogP contribution in [-0.4, -0.2) is 36.6 Å². The van der Waals surface area contributed by atoms with Crippen LogP contribution in [0.15, 0.2) is 27.8 Å². The molecule has 0 aliphatic heterocycles. The Morgan fingerprint density at radius 3 is 2.70 bits per heavy atom. The topological polar surface area (TPSA) is 120 Å². The van der Waals surface area contributed by atoms with Crippen molar-refractivity contribution < 1.29 is 24.2 Å². The summed E-state index contributed by atoms with van der Waals surface area (Å²) in [6.45, 7) is -0.557. The van der Waals surface area contributed by atoms with Gasteiger partial charge in [0.1, 0.15) is 12.4 Å². The van der Waals surface area contributed by atoms with Gasteiger partial charge in [-0.25, -0.2) is 5.43 Å². The zero-order valence-electron chi connectivity index (χ0n) is 11.9. The number of carbonyl (C=O) groups is 3. The molecule has 2 rings (SSSR count). The molecule has 1 aliphatic carbocycles. The van der Waals surface area contributed by atoms with Crippen LogP contribution < -0.4 is 20.6 Å². The van der Waals surface area contributed by atoms with Crippen LogP contribution in [0.3, 0.4) is 0 Å². The first kappa shape index (κ1) is 16.9. The molecule has 1 aliphatic rings. The Balaban J connectivity index is 1.86. The number of rotatable bonds is 6. The Labute approximate surface area is 140 Å². The number of hydrazone groups is 1. The molecule has 23 heavy (non-hydrogen) atoms. The minimum absolute atomic E-state index is 0.0988. The zero-order chi connectivity index (χ0) is 16.8. The Hall–Kier alpha value is -2.42. The minimum atomic E-state index is -1.32. The summed E-state index contributed by atoms with van der Waals surface area (Å²) in [5.41, 5.74) is 2.74. The summed E-state index contributed by atoms with van der Waals surface area (Å²) >= 11 is 3.22. The quantitative estimate of drug-likeness (QED) is 0.383. The fraction of sp³-hybridized carbons (Fsp3) is 0.286. The van der Waals surface area contributed by atoms with Gasteiger partial charge in [-0.1, -0.05) is 0 Å². The van der Waals surface area contributed by atoms with E-state index >= 15 is 0 Å². The summed E-state index contributed by atoms with van der Waals surface area (Å²) in [5, 5.41) is 16.6. The molecular weight excluding hydrogens is 370 g/mol. The minimum Gasteiger partial charge on any atom is -0.546 e. The molecule has 0 heterocycles. The average Bonchev–Trinajstić information content (AvgIpc) is 3.30. The number of carboxylic acid groups (broad SMARTS) is 1. The Bertz CT molecular complexity index is 658. The number of hydrogen-bond donors (Lipinski definition) is 2. The molecule has 2 N–H and O–H groups in total. The molecule has 1 fully saturated rings. The van der Waals surface area contributed by atoms with Gasteiger partial charge in [0.25, 0.3) is 0 Å². The molecule has 0 atom stereocenters. The van der Waals surface area contributed by atoms with Gasteiger partial charge < -0.3 is 20.0 Å². The SMILES string of the molecule is O=C([O-])COc1ccc(/C=N\NC(=O)C(=O)NC2CC2)cc1Br. The fourth-order valence-corrected chi connectivity index (χ4v) is 2.06. The molecule has 0 radical (unpaired) electrons. The molecule has 0 bridgehead atoms. The molecule has 122 valence electrons. The Kier molecular flexibility index (Phi) is 5.69. The lowest BCUT2D eigenvalue weighted by Crippen LogP contribution is -2.38. The molecule has 9 heteroatoms. The van der Waals surface area contributed by atoms with Gasteiger partial charge in [-0.05, 0) is 52.5 Å². The molecule has 8 nitrogen and oxygen atoms in total. The number of nitrogens with one attached hydrogen (secondary N) is 2. The van der Waals surface area contributed by atoms with Gasteiger partial charge in [0.05, 0.1) is 16.7 Å². The van der Waals surface area contributed by atoms with Crippen molar-refractivity contribution in [2.24, 2.45) is 5.10 Å². The molecule has 1 saturated carbocycles. The first-order valence-corrected chi connectivity index (χ1v) is 7.51. The van der Waals surface area contributed by atoms with Crippen molar-refractivity contribution >= 4 is 39.9 Å². The van der Waals surface area contributed by atoms with Crippen LogP contribution >= 0.6 is 15.9 Å². The third-order valence-electron chi connectivity index (χ3n) is 2.80. The van der Waals surface area contributed by atoms with Crippen molar-refractivity contribution in [2.45, 2.75) is 18.9 Å². The molecule has 0 saturated heterocycles. The van der Waals surface area contributed by atoms with E-state index in [4.69, 9.17) is 4.74 Å². The Morgan fingerprint density at radius 2 is 2.09 bits per heavy atom. The van der Waals surface area contributed by atoms with Crippen LogP contribution in [0.2, 0.25) is 0 Å². The van der Waals surface area contributed by atoms with Crippen LogP contribution in [0, 0.1) is 0 Å². The lowest BCUT2D eigenvalue weighted by Gasteiger charge is -2.08. The first-order chi connectivity index (χ1) is 11.0. The highest BCUT2D eigenvalue weighted by molar-refractivity contribution is 9.10. The lowest BCUT2D eigenvalue weighted by atomic mass is 10.2. The first-order valence-electron chi connectivity index (χ1n) is 6.72. The summed E-state index contributed by atoms with van der Waals surface area (Å²) < 4.78 is 5.51. The van der Waals surface area contributed by atoms with E-state index in [2.05, 4.69) is 31.8 Å². The summed E-state index contributed by atoms with van der Waals surface area (Å²) in [4.78, 5) is 33.2. The standard InChI is InChI=1S/C14H14BrN3O5/c15-10-5-8(1-4-11(10)23-7-12(19)20)6-16-18-14(22)13(21)17-9-2-3-9/h1,4-6,9H,2-3,7H2,(H,17,21)(H,18,22)(H,19,20)/p-1/b16-6-. The third-order valence-corrected chi connectivity index (χ3v) is 3.42. The summed E-state index contributed by atoms with van der Waals surface area (Å²) in [5.74, 6) is -2.54. The van der Waals surface area contributed by atoms with Crippen molar-refractivity contribution in [1.82, 2.24) is 10.7 Å². The third kappa shape index (κ3) is 5.70. The van der Waals surface area contributed by atoms with E-state index in [0.29, 0.717) is 15.8 Å². The van der Waals surface area contributed by atoms with E-state index in [1.165, 1.54) is 12.3 Å². The van der Waals surface area contributed by atoms with Gasteiger partial charge in [0.15, 0.2) is 0 Å².